The number of aromatic hydroxyl groups is 1. The largest absolute Gasteiger partial charge is 0.507 e. The van der Waals surface area contributed by atoms with Gasteiger partial charge in [-0.25, -0.2) is 17.2 Å². The predicted octanol–water partition coefficient (Wildman–Crippen LogP) is 3.49. The van der Waals surface area contributed by atoms with Crippen LogP contribution in [-0.2, 0) is 10.0 Å². The van der Waals surface area contributed by atoms with Gasteiger partial charge in [0.25, 0.3) is 5.91 Å². The van der Waals surface area contributed by atoms with Crippen molar-refractivity contribution in [2.75, 3.05) is 18.4 Å². The van der Waals surface area contributed by atoms with Crippen molar-refractivity contribution in [3.8, 4) is 5.75 Å². The quantitative estimate of drug-likeness (QED) is 0.808. The Morgan fingerprint density at radius 1 is 0.964 bits per heavy atom. The van der Waals surface area contributed by atoms with Gasteiger partial charge in [-0.2, -0.15) is 4.31 Å². The van der Waals surface area contributed by atoms with Gasteiger partial charge >= 0.3 is 0 Å². The minimum absolute atomic E-state index is 0.122. The van der Waals surface area contributed by atoms with E-state index < -0.39 is 33.3 Å². The maximum atomic E-state index is 13.3. The van der Waals surface area contributed by atoms with Crippen LogP contribution in [0.3, 0.4) is 0 Å². The third kappa shape index (κ3) is 4.48. The van der Waals surface area contributed by atoms with E-state index in [0.717, 1.165) is 49.9 Å². The van der Waals surface area contributed by atoms with Crippen LogP contribution in [0.4, 0.5) is 14.5 Å². The molecule has 0 aliphatic carbocycles. The SMILES string of the molecule is O=C(Nc1cc(F)cc(F)c1)c1cc(S(=O)(=O)N2CCCCCC2)ccc1O. The van der Waals surface area contributed by atoms with Crippen LogP contribution < -0.4 is 5.32 Å². The molecule has 0 aromatic heterocycles. The molecule has 0 atom stereocenters. The highest BCUT2D eigenvalue weighted by Crippen LogP contribution is 2.26. The molecule has 2 N–H and O–H groups in total. The number of phenolic OH excluding ortho intramolecular Hbond substituents is 1. The molecule has 2 aromatic rings. The first kappa shape index (κ1) is 20.2. The van der Waals surface area contributed by atoms with Gasteiger partial charge in [0.15, 0.2) is 0 Å². The van der Waals surface area contributed by atoms with E-state index in [-0.39, 0.29) is 16.1 Å². The van der Waals surface area contributed by atoms with Crippen LogP contribution in [0.2, 0.25) is 0 Å². The second kappa shape index (κ2) is 8.24. The minimum Gasteiger partial charge on any atom is -0.507 e. The molecule has 150 valence electrons. The standard InChI is InChI=1S/C19H20F2N2O4S/c20-13-9-14(21)11-15(10-13)22-19(25)17-12-16(5-6-18(17)24)28(26,27)23-7-3-1-2-4-8-23/h5-6,9-12,24H,1-4,7-8H2,(H,22,25). The molecule has 3 rings (SSSR count). The molecule has 2 aromatic carbocycles. The number of amides is 1. The third-order valence-corrected chi connectivity index (χ3v) is 6.43. The first-order valence-corrected chi connectivity index (χ1v) is 10.3. The molecule has 28 heavy (non-hydrogen) atoms. The van der Waals surface area contributed by atoms with Crippen LogP contribution in [0.5, 0.6) is 5.75 Å². The number of halogens is 2. The zero-order valence-electron chi connectivity index (χ0n) is 15.0. The van der Waals surface area contributed by atoms with E-state index in [2.05, 4.69) is 5.32 Å². The summed E-state index contributed by atoms with van der Waals surface area (Å²) in [4.78, 5) is 12.3. The Bertz CT molecular complexity index is 967. The van der Waals surface area contributed by atoms with Crippen LogP contribution in [0.15, 0.2) is 41.3 Å². The van der Waals surface area contributed by atoms with Crippen LogP contribution in [-0.4, -0.2) is 36.8 Å². The molecule has 1 fully saturated rings. The maximum absolute atomic E-state index is 13.3. The average molecular weight is 410 g/mol. The van der Waals surface area contributed by atoms with Gasteiger partial charge in [-0.05, 0) is 43.2 Å². The Labute approximate surface area is 161 Å². The molecule has 0 unspecified atom stereocenters. The Morgan fingerprint density at radius 2 is 1.57 bits per heavy atom. The van der Waals surface area contributed by atoms with Crippen molar-refractivity contribution in [3.05, 3.63) is 53.6 Å². The lowest BCUT2D eigenvalue weighted by Crippen LogP contribution is -2.32. The number of hydrogen-bond donors (Lipinski definition) is 2. The van der Waals surface area contributed by atoms with Crippen molar-refractivity contribution in [3.63, 3.8) is 0 Å². The van der Waals surface area contributed by atoms with Gasteiger partial charge in [0, 0.05) is 24.8 Å². The van der Waals surface area contributed by atoms with Gasteiger partial charge in [-0.1, -0.05) is 12.8 Å². The molecule has 0 spiro atoms. The average Bonchev–Trinajstić information content (AvgIpc) is 2.91. The van der Waals surface area contributed by atoms with Crippen molar-refractivity contribution >= 4 is 21.6 Å². The highest BCUT2D eigenvalue weighted by atomic mass is 32.2. The smallest absolute Gasteiger partial charge is 0.259 e. The Kier molecular flexibility index (Phi) is 5.95. The molecule has 6 nitrogen and oxygen atoms in total. The van der Waals surface area contributed by atoms with Crippen molar-refractivity contribution in [1.29, 1.82) is 0 Å². The normalized spacial score (nSPS) is 15.8. The zero-order valence-corrected chi connectivity index (χ0v) is 15.8. The number of sulfonamides is 1. The topological polar surface area (TPSA) is 86.7 Å². The van der Waals surface area contributed by atoms with Crippen molar-refractivity contribution in [2.45, 2.75) is 30.6 Å². The lowest BCUT2D eigenvalue weighted by atomic mass is 10.2. The van der Waals surface area contributed by atoms with E-state index >= 15 is 0 Å². The molecular weight excluding hydrogens is 390 g/mol. The summed E-state index contributed by atoms with van der Waals surface area (Å²) in [5.74, 6) is -3.08. The highest BCUT2D eigenvalue weighted by Gasteiger charge is 2.27. The fourth-order valence-electron chi connectivity index (χ4n) is 3.11. The van der Waals surface area contributed by atoms with Crippen LogP contribution in [0.25, 0.3) is 0 Å². The summed E-state index contributed by atoms with van der Waals surface area (Å²) in [6.07, 6.45) is 3.44. The summed E-state index contributed by atoms with van der Waals surface area (Å²) in [7, 11) is -3.82. The first-order chi connectivity index (χ1) is 13.3. The van der Waals surface area contributed by atoms with E-state index in [0.29, 0.717) is 19.2 Å². The molecule has 1 aliphatic heterocycles. The number of nitrogens with zero attached hydrogens (tertiary/aromatic N) is 1. The maximum Gasteiger partial charge on any atom is 0.259 e. The summed E-state index contributed by atoms with van der Waals surface area (Å²) >= 11 is 0. The van der Waals surface area contributed by atoms with Crippen LogP contribution >= 0.6 is 0 Å². The van der Waals surface area contributed by atoms with Crippen LogP contribution in [0.1, 0.15) is 36.0 Å². The Hall–Kier alpha value is -2.52. The van der Waals surface area contributed by atoms with E-state index in [4.69, 9.17) is 0 Å². The van der Waals surface area contributed by atoms with E-state index in [9.17, 15) is 27.1 Å². The van der Waals surface area contributed by atoms with Gasteiger partial charge in [0.1, 0.15) is 17.4 Å². The van der Waals surface area contributed by atoms with Crippen LogP contribution in [0, 0.1) is 11.6 Å². The number of benzene rings is 2. The van der Waals surface area contributed by atoms with Gasteiger partial charge in [0.05, 0.1) is 10.5 Å². The molecule has 0 bridgehead atoms. The number of carbonyl (C=O) groups is 1. The van der Waals surface area contributed by atoms with Gasteiger partial charge in [-0.15, -0.1) is 0 Å². The summed E-state index contributed by atoms with van der Waals surface area (Å²) in [5.41, 5.74) is -0.455. The molecule has 0 saturated carbocycles. The number of anilines is 1. The second-order valence-corrected chi connectivity index (χ2v) is 8.55. The van der Waals surface area contributed by atoms with E-state index in [1.165, 1.54) is 10.4 Å². The number of phenols is 1. The molecule has 0 radical (unpaired) electrons. The van der Waals surface area contributed by atoms with E-state index in [1.54, 1.807) is 0 Å². The Morgan fingerprint density at radius 3 is 2.18 bits per heavy atom. The third-order valence-electron chi connectivity index (χ3n) is 4.54. The van der Waals surface area contributed by atoms with Crippen molar-refractivity contribution < 1.29 is 27.1 Å². The molecule has 1 aliphatic rings. The molecule has 1 heterocycles. The minimum atomic E-state index is -3.82. The summed E-state index contributed by atoms with van der Waals surface area (Å²) in [6, 6.07) is 5.90. The predicted molar refractivity (Wildman–Crippen MR) is 99.6 cm³/mol. The van der Waals surface area contributed by atoms with Gasteiger partial charge < -0.3 is 10.4 Å². The van der Waals surface area contributed by atoms with Crippen molar-refractivity contribution in [2.24, 2.45) is 0 Å². The number of rotatable bonds is 4. The molecule has 1 saturated heterocycles. The van der Waals surface area contributed by atoms with Gasteiger partial charge in [-0.3, -0.25) is 4.79 Å². The molecule has 1 amide bonds. The number of nitrogens with one attached hydrogen (secondary N) is 1. The lowest BCUT2D eigenvalue weighted by molar-refractivity contribution is 0.102. The second-order valence-electron chi connectivity index (χ2n) is 6.61. The van der Waals surface area contributed by atoms with E-state index in [1.807, 2.05) is 0 Å². The summed E-state index contributed by atoms with van der Waals surface area (Å²) < 4.78 is 53.7. The highest BCUT2D eigenvalue weighted by molar-refractivity contribution is 7.89. The van der Waals surface area contributed by atoms with Gasteiger partial charge in [0.2, 0.25) is 10.0 Å². The monoisotopic (exact) mass is 410 g/mol. The Balaban J connectivity index is 1.89. The molecule has 9 heteroatoms. The molecular formula is C19H20F2N2O4S. The number of carbonyl (C=O) groups excluding carboxylic acids is 1. The summed E-state index contributed by atoms with van der Waals surface area (Å²) in [6.45, 7) is 0.792. The fourth-order valence-corrected chi connectivity index (χ4v) is 4.66. The number of hydrogen-bond acceptors (Lipinski definition) is 4. The first-order valence-electron chi connectivity index (χ1n) is 8.88. The van der Waals surface area contributed by atoms with Crippen molar-refractivity contribution in [1.82, 2.24) is 4.31 Å². The zero-order chi connectivity index (χ0) is 20.3. The lowest BCUT2D eigenvalue weighted by Gasteiger charge is -2.20. The summed E-state index contributed by atoms with van der Waals surface area (Å²) in [5, 5.41) is 12.3. The fraction of sp³-hybridized carbons (Fsp3) is 0.316.